The summed E-state index contributed by atoms with van der Waals surface area (Å²) in [6.45, 7) is 6.39. The van der Waals surface area contributed by atoms with E-state index in [1.54, 1.807) is 12.1 Å². The van der Waals surface area contributed by atoms with Gasteiger partial charge >= 0.3 is 0 Å². The predicted octanol–water partition coefficient (Wildman–Crippen LogP) is 3.67. The van der Waals surface area contributed by atoms with Crippen LogP contribution in [0.2, 0.25) is 0 Å². The van der Waals surface area contributed by atoms with Crippen LogP contribution in [0.5, 0.6) is 0 Å². The molecule has 1 aromatic rings. The molecular formula is C12H18FN. The summed E-state index contributed by atoms with van der Waals surface area (Å²) in [7, 11) is 0. The number of hydrogen-bond donors (Lipinski definition) is 1. The number of para-hydroxylation sites is 1. The topological polar surface area (TPSA) is 12.0 Å². The summed E-state index contributed by atoms with van der Waals surface area (Å²) >= 11 is 0. The molecule has 0 bridgehead atoms. The Hall–Kier alpha value is -1.05. The van der Waals surface area contributed by atoms with Gasteiger partial charge in [0.2, 0.25) is 0 Å². The minimum Gasteiger partial charge on any atom is -0.380 e. The molecule has 1 N–H and O–H groups in total. The Labute approximate surface area is 85.3 Å². The van der Waals surface area contributed by atoms with E-state index in [2.05, 4.69) is 26.1 Å². The Morgan fingerprint density at radius 3 is 2.50 bits per heavy atom. The average molecular weight is 195 g/mol. The van der Waals surface area contributed by atoms with Crippen molar-refractivity contribution in [1.82, 2.24) is 0 Å². The van der Waals surface area contributed by atoms with Gasteiger partial charge in [-0.15, -0.1) is 0 Å². The summed E-state index contributed by atoms with van der Waals surface area (Å²) < 4.78 is 13.3. The molecule has 0 aliphatic carbocycles. The monoisotopic (exact) mass is 195 g/mol. The van der Waals surface area contributed by atoms with Gasteiger partial charge in [0, 0.05) is 6.04 Å². The second kappa shape index (κ2) is 4.99. The van der Waals surface area contributed by atoms with Crippen LogP contribution in [0, 0.1) is 11.7 Å². The predicted molar refractivity (Wildman–Crippen MR) is 58.9 cm³/mol. The van der Waals surface area contributed by atoms with E-state index in [-0.39, 0.29) is 5.82 Å². The van der Waals surface area contributed by atoms with Crippen molar-refractivity contribution >= 4 is 5.69 Å². The maximum Gasteiger partial charge on any atom is 0.146 e. The molecule has 0 saturated carbocycles. The van der Waals surface area contributed by atoms with Crippen molar-refractivity contribution in [2.75, 3.05) is 5.32 Å². The maximum absolute atomic E-state index is 13.3. The third-order valence-electron chi connectivity index (χ3n) is 2.75. The van der Waals surface area contributed by atoms with Crippen LogP contribution >= 0.6 is 0 Å². The lowest BCUT2D eigenvalue weighted by Gasteiger charge is -2.21. The van der Waals surface area contributed by atoms with Gasteiger partial charge in [-0.3, -0.25) is 0 Å². The molecule has 0 amide bonds. The third kappa shape index (κ3) is 2.72. The maximum atomic E-state index is 13.3. The zero-order chi connectivity index (χ0) is 10.6. The summed E-state index contributed by atoms with van der Waals surface area (Å²) in [5.74, 6) is 0.372. The lowest BCUT2D eigenvalue weighted by Crippen LogP contribution is -2.23. The highest BCUT2D eigenvalue weighted by Gasteiger charge is 2.11. The molecule has 0 aromatic heterocycles. The Morgan fingerprint density at radius 2 is 1.93 bits per heavy atom. The van der Waals surface area contributed by atoms with Gasteiger partial charge in [0.1, 0.15) is 5.82 Å². The Bertz CT molecular complexity index is 285. The number of nitrogens with one attached hydrogen (secondary N) is 1. The summed E-state index contributed by atoms with van der Waals surface area (Å²) in [6, 6.07) is 7.10. The number of anilines is 1. The zero-order valence-corrected chi connectivity index (χ0v) is 9.05. The van der Waals surface area contributed by atoms with Crippen LogP contribution < -0.4 is 5.32 Å². The summed E-state index contributed by atoms with van der Waals surface area (Å²) in [6.07, 6.45) is 1.10. The number of halogens is 1. The van der Waals surface area contributed by atoms with E-state index in [1.165, 1.54) is 6.07 Å². The molecule has 2 atom stereocenters. The molecule has 14 heavy (non-hydrogen) atoms. The zero-order valence-electron chi connectivity index (χ0n) is 9.05. The van der Waals surface area contributed by atoms with Crippen molar-refractivity contribution in [3.05, 3.63) is 30.1 Å². The van der Waals surface area contributed by atoms with Gasteiger partial charge in [0.25, 0.3) is 0 Å². The molecule has 0 fully saturated rings. The van der Waals surface area contributed by atoms with E-state index in [0.717, 1.165) is 6.42 Å². The fourth-order valence-corrected chi connectivity index (χ4v) is 1.32. The summed E-state index contributed by atoms with van der Waals surface area (Å²) in [5.41, 5.74) is 0.598. The van der Waals surface area contributed by atoms with Gasteiger partial charge in [-0.25, -0.2) is 4.39 Å². The van der Waals surface area contributed by atoms with Crippen molar-refractivity contribution in [3.8, 4) is 0 Å². The Balaban J connectivity index is 2.64. The molecule has 0 radical (unpaired) electrons. The first-order valence-corrected chi connectivity index (χ1v) is 5.16. The van der Waals surface area contributed by atoms with Gasteiger partial charge in [-0.2, -0.15) is 0 Å². The summed E-state index contributed by atoms with van der Waals surface area (Å²) in [4.78, 5) is 0. The second-order valence-electron chi connectivity index (χ2n) is 3.80. The SMILES string of the molecule is CC[C@@H](C)[C@H](C)Nc1ccccc1F. The smallest absolute Gasteiger partial charge is 0.146 e. The minimum absolute atomic E-state index is 0.178. The molecule has 1 nitrogen and oxygen atoms in total. The molecule has 0 aliphatic rings. The highest BCUT2D eigenvalue weighted by Crippen LogP contribution is 2.17. The Morgan fingerprint density at radius 1 is 1.29 bits per heavy atom. The van der Waals surface area contributed by atoms with E-state index >= 15 is 0 Å². The highest BCUT2D eigenvalue weighted by molar-refractivity contribution is 5.45. The molecule has 1 rings (SSSR count). The van der Waals surface area contributed by atoms with Crippen LogP contribution in [0.25, 0.3) is 0 Å². The first-order chi connectivity index (χ1) is 6.65. The highest BCUT2D eigenvalue weighted by atomic mass is 19.1. The molecule has 0 aliphatic heterocycles. The van der Waals surface area contributed by atoms with Gasteiger partial charge < -0.3 is 5.32 Å². The molecular weight excluding hydrogens is 177 g/mol. The van der Waals surface area contributed by atoms with Crippen LogP contribution in [0.1, 0.15) is 27.2 Å². The van der Waals surface area contributed by atoms with E-state index < -0.39 is 0 Å². The molecule has 0 saturated heterocycles. The van der Waals surface area contributed by atoms with Crippen LogP contribution in [-0.2, 0) is 0 Å². The first-order valence-electron chi connectivity index (χ1n) is 5.16. The second-order valence-corrected chi connectivity index (χ2v) is 3.80. The van der Waals surface area contributed by atoms with Crippen molar-refractivity contribution in [2.45, 2.75) is 33.2 Å². The van der Waals surface area contributed by atoms with Gasteiger partial charge in [-0.1, -0.05) is 32.4 Å². The van der Waals surface area contributed by atoms with Crippen LogP contribution in [0.3, 0.4) is 0 Å². The van der Waals surface area contributed by atoms with Crippen molar-refractivity contribution in [3.63, 3.8) is 0 Å². The van der Waals surface area contributed by atoms with Crippen molar-refractivity contribution in [2.24, 2.45) is 5.92 Å². The van der Waals surface area contributed by atoms with Crippen LogP contribution in [0.15, 0.2) is 24.3 Å². The standard InChI is InChI=1S/C12H18FN/c1-4-9(2)10(3)14-12-8-6-5-7-11(12)13/h5-10,14H,4H2,1-3H3/t9-,10+/m1/s1. The number of rotatable bonds is 4. The lowest BCUT2D eigenvalue weighted by molar-refractivity contribution is 0.491. The van der Waals surface area contributed by atoms with E-state index in [9.17, 15) is 4.39 Å². The fourth-order valence-electron chi connectivity index (χ4n) is 1.32. The van der Waals surface area contributed by atoms with E-state index in [0.29, 0.717) is 17.6 Å². The fraction of sp³-hybridized carbons (Fsp3) is 0.500. The first kappa shape index (κ1) is 11.0. The molecule has 0 unspecified atom stereocenters. The molecule has 2 heteroatoms. The molecule has 78 valence electrons. The summed E-state index contributed by atoms with van der Waals surface area (Å²) in [5, 5.41) is 3.19. The average Bonchev–Trinajstić information content (AvgIpc) is 2.20. The normalized spacial score (nSPS) is 14.9. The molecule has 0 heterocycles. The number of hydrogen-bond acceptors (Lipinski definition) is 1. The van der Waals surface area contributed by atoms with E-state index in [1.807, 2.05) is 6.07 Å². The molecule has 1 aromatic carbocycles. The van der Waals surface area contributed by atoms with Gasteiger partial charge in [0.05, 0.1) is 5.69 Å². The van der Waals surface area contributed by atoms with Gasteiger partial charge in [-0.05, 0) is 25.0 Å². The van der Waals surface area contributed by atoms with Gasteiger partial charge in [0.15, 0.2) is 0 Å². The van der Waals surface area contributed by atoms with Crippen molar-refractivity contribution < 1.29 is 4.39 Å². The van der Waals surface area contributed by atoms with Crippen LogP contribution in [0.4, 0.5) is 10.1 Å². The molecule has 0 spiro atoms. The number of benzene rings is 1. The quantitative estimate of drug-likeness (QED) is 0.773. The van der Waals surface area contributed by atoms with Crippen LogP contribution in [-0.4, -0.2) is 6.04 Å². The minimum atomic E-state index is -0.178. The third-order valence-corrected chi connectivity index (χ3v) is 2.75. The Kier molecular flexibility index (Phi) is 3.93. The van der Waals surface area contributed by atoms with E-state index in [4.69, 9.17) is 0 Å². The largest absolute Gasteiger partial charge is 0.380 e. The van der Waals surface area contributed by atoms with Crippen molar-refractivity contribution in [1.29, 1.82) is 0 Å². The lowest BCUT2D eigenvalue weighted by atomic mass is 10.0.